The van der Waals surface area contributed by atoms with Crippen LogP contribution in [0.5, 0.6) is 0 Å². The van der Waals surface area contributed by atoms with E-state index in [0.717, 1.165) is 25.7 Å². The van der Waals surface area contributed by atoms with Crippen LogP contribution in [0.3, 0.4) is 0 Å². The van der Waals surface area contributed by atoms with E-state index in [1.807, 2.05) is 0 Å². The second kappa shape index (κ2) is 7.47. The largest absolute Gasteiger partial charge is 0.386 e. The molecule has 0 spiro atoms. The summed E-state index contributed by atoms with van der Waals surface area (Å²) in [7, 11) is 0. The lowest BCUT2D eigenvalue weighted by Gasteiger charge is -2.16. The van der Waals surface area contributed by atoms with Gasteiger partial charge < -0.3 is 5.11 Å². The highest BCUT2D eigenvalue weighted by Crippen LogP contribution is 2.13. The van der Waals surface area contributed by atoms with Crippen LogP contribution in [-0.2, 0) is 0 Å². The molecule has 0 unspecified atom stereocenters. The molecule has 1 heteroatoms. The second-order valence-corrected chi connectivity index (χ2v) is 4.43. The van der Waals surface area contributed by atoms with E-state index in [4.69, 9.17) is 0 Å². The number of unbranched alkanes of at least 4 members (excludes halogenated alkanes) is 1. The van der Waals surface area contributed by atoms with E-state index >= 15 is 0 Å². The summed E-state index contributed by atoms with van der Waals surface area (Å²) in [5.41, 5.74) is 0.655. The Kier molecular flexibility index (Phi) is 7.06. The molecule has 0 saturated carbocycles. The van der Waals surface area contributed by atoms with E-state index in [0.29, 0.717) is 0 Å². The lowest BCUT2D eigenvalue weighted by molar-refractivity contribution is 0.103. The van der Waals surface area contributed by atoms with E-state index in [9.17, 15) is 5.11 Å². The lowest BCUT2D eigenvalue weighted by Crippen LogP contribution is -2.19. The molecule has 1 nitrogen and oxygen atoms in total. The first-order chi connectivity index (χ1) is 6.98. The Bertz CT molecular complexity index is 230. The zero-order valence-corrected chi connectivity index (χ0v) is 10.3. The quantitative estimate of drug-likeness (QED) is 0.495. The number of hydrogen-bond donors (Lipinski definition) is 1. The fourth-order valence-electron chi connectivity index (χ4n) is 1.18. The smallest absolute Gasteiger partial charge is 0.0800 e. The van der Waals surface area contributed by atoms with E-state index in [2.05, 4.69) is 38.7 Å². The van der Waals surface area contributed by atoms with Crippen molar-refractivity contribution in [2.24, 2.45) is 0 Å². The predicted octanol–water partition coefficient (Wildman–Crippen LogP) is 4.01. The first-order valence-corrected chi connectivity index (χ1v) is 5.62. The van der Waals surface area contributed by atoms with E-state index in [1.165, 1.54) is 5.57 Å². The first kappa shape index (κ1) is 14.2. The molecule has 0 bridgehead atoms. The van der Waals surface area contributed by atoms with Crippen LogP contribution in [0.4, 0.5) is 0 Å². The minimum atomic E-state index is -0.718. The minimum absolute atomic E-state index is 0.718. The molecule has 0 aromatic heterocycles. The molecule has 1 N–H and O–H groups in total. The molecule has 15 heavy (non-hydrogen) atoms. The fourth-order valence-corrected chi connectivity index (χ4v) is 1.18. The standard InChI is InChI=1S/C14H24O/c1-5-14(4,15)12-10-8-6-7-9-11-13(2)3/h5-6,8,11,15H,1,7,9-10,12H2,2-4H3/b8-6+/t14-/m1/s1. The average Bonchev–Trinajstić information content (AvgIpc) is 2.16. The molecule has 0 aromatic rings. The predicted molar refractivity (Wildman–Crippen MR) is 67.9 cm³/mol. The first-order valence-electron chi connectivity index (χ1n) is 5.62. The average molecular weight is 208 g/mol. The van der Waals surface area contributed by atoms with Crippen molar-refractivity contribution in [3.63, 3.8) is 0 Å². The van der Waals surface area contributed by atoms with Crippen molar-refractivity contribution in [3.8, 4) is 0 Å². The Labute approximate surface area is 94.2 Å². The molecule has 0 amide bonds. The molecule has 0 heterocycles. The number of allylic oxidation sites excluding steroid dienone is 4. The van der Waals surface area contributed by atoms with Crippen molar-refractivity contribution in [2.45, 2.75) is 52.1 Å². The Morgan fingerprint density at radius 3 is 2.33 bits per heavy atom. The molecule has 0 saturated heterocycles. The van der Waals surface area contributed by atoms with Gasteiger partial charge in [-0.3, -0.25) is 0 Å². The van der Waals surface area contributed by atoms with Crippen LogP contribution in [0.25, 0.3) is 0 Å². The third kappa shape index (κ3) is 9.48. The van der Waals surface area contributed by atoms with Crippen LogP contribution in [0.15, 0.2) is 36.5 Å². The van der Waals surface area contributed by atoms with Gasteiger partial charge in [-0.05, 0) is 46.5 Å². The van der Waals surface area contributed by atoms with Crippen LogP contribution < -0.4 is 0 Å². The molecule has 0 fully saturated rings. The van der Waals surface area contributed by atoms with E-state index < -0.39 is 5.60 Å². The third-order valence-electron chi connectivity index (χ3n) is 2.31. The molecular formula is C14H24O. The molecule has 1 atom stereocenters. The van der Waals surface area contributed by atoms with Gasteiger partial charge in [0.2, 0.25) is 0 Å². The summed E-state index contributed by atoms with van der Waals surface area (Å²) in [6.07, 6.45) is 12.0. The summed E-state index contributed by atoms with van der Waals surface area (Å²) in [6.45, 7) is 9.62. The van der Waals surface area contributed by atoms with Crippen molar-refractivity contribution < 1.29 is 5.11 Å². The van der Waals surface area contributed by atoms with Crippen LogP contribution in [0.1, 0.15) is 46.5 Å². The number of aliphatic hydroxyl groups is 1. The van der Waals surface area contributed by atoms with Gasteiger partial charge in [0.05, 0.1) is 5.60 Å². The molecule has 0 rings (SSSR count). The van der Waals surface area contributed by atoms with Gasteiger partial charge in [0, 0.05) is 0 Å². The van der Waals surface area contributed by atoms with Gasteiger partial charge in [0.25, 0.3) is 0 Å². The van der Waals surface area contributed by atoms with Gasteiger partial charge in [-0.15, -0.1) is 6.58 Å². The Morgan fingerprint density at radius 2 is 1.80 bits per heavy atom. The van der Waals surface area contributed by atoms with Gasteiger partial charge in [0.15, 0.2) is 0 Å². The van der Waals surface area contributed by atoms with E-state index in [1.54, 1.807) is 13.0 Å². The summed E-state index contributed by atoms with van der Waals surface area (Å²) in [4.78, 5) is 0. The third-order valence-corrected chi connectivity index (χ3v) is 2.31. The van der Waals surface area contributed by atoms with Gasteiger partial charge in [0.1, 0.15) is 0 Å². The van der Waals surface area contributed by atoms with Gasteiger partial charge in [-0.2, -0.15) is 0 Å². The topological polar surface area (TPSA) is 20.2 Å². The Hall–Kier alpha value is -0.820. The highest BCUT2D eigenvalue weighted by molar-refractivity contribution is 4.96. The fraction of sp³-hybridized carbons (Fsp3) is 0.571. The number of rotatable bonds is 7. The molecular weight excluding hydrogens is 184 g/mol. The SMILES string of the molecule is C=C[C@@](C)(O)CC/C=C/CCC=C(C)C. The van der Waals surface area contributed by atoms with Crippen LogP contribution in [0, 0.1) is 0 Å². The maximum Gasteiger partial charge on any atom is 0.0800 e. The van der Waals surface area contributed by atoms with Gasteiger partial charge in [-0.25, -0.2) is 0 Å². The zero-order valence-electron chi connectivity index (χ0n) is 10.3. The molecule has 0 aliphatic rings. The highest BCUT2D eigenvalue weighted by atomic mass is 16.3. The maximum atomic E-state index is 9.64. The number of hydrogen-bond acceptors (Lipinski definition) is 1. The molecule has 0 aliphatic heterocycles. The van der Waals surface area contributed by atoms with Gasteiger partial charge >= 0.3 is 0 Å². The summed E-state index contributed by atoms with van der Waals surface area (Å²) < 4.78 is 0. The van der Waals surface area contributed by atoms with Crippen molar-refractivity contribution in [2.75, 3.05) is 0 Å². The van der Waals surface area contributed by atoms with E-state index in [-0.39, 0.29) is 0 Å². The second-order valence-electron chi connectivity index (χ2n) is 4.43. The summed E-state index contributed by atoms with van der Waals surface area (Å²) >= 11 is 0. The monoisotopic (exact) mass is 208 g/mol. The lowest BCUT2D eigenvalue weighted by atomic mass is 10.0. The van der Waals surface area contributed by atoms with Crippen LogP contribution in [-0.4, -0.2) is 10.7 Å². The van der Waals surface area contributed by atoms with Crippen LogP contribution >= 0.6 is 0 Å². The van der Waals surface area contributed by atoms with Gasteiger partial charge in [-0.1, -0.05) is 29.9 Å². The highest BCUT2D eigenvalue weighted by Gasteiger charge is 2.12. The molecule has 0 aliphatic carbocycles. The van der Waals surface area contributed by atoms with Crippen molar-refractivity contribution in [1.82, 2.24) is 0 Å². The molecule has 0 radical (unpaired) electrons. The zero-order chi connectivity index (χ0) is 11.7. The summed E-state index contributed by atoms with van der Waals surface area (Å²) in [5.74, 6) is 0. The van der Waals surface area contributed by atoms with Crippen molar-refractivity contribution >= 4 is 0 Å². The molecule has 86 valence electrons. The normalized spacial score (nSPS) is 14.9. The van der Waals surface area contributed by atoms with Crippen molar-refractivity contribution in [3.05, 3.63) is 36.5 Å². The Morgan fingerprint density at radius 1 is 1.20 bits per heavy atom. The van der Waals surface area contributed by atoms with Crippen molar-refractivity contribution in [1.29, 1.82) is 0 Å². The maximum absolute atomic E-state index is 9.64. The van der Waals surface area contributed by atoms with Crippen LogP contribution in [0.2, 0.25) is 0 Å². The minimum Gasteiger partial charge on any atom is -0.386 e. The summed E-state index contributed by atoms with van der Waals surface area (Å²) in [5, 5.41) is 9.64. The molecule has 0 aromatic carbocycles. The Balaban J connectivity index is 3.56. The summed E-state index contributed by atoms with van der Waals surface area (Å²) in [6, 6.07) is 0.